The predicted octanol–water partition coefficient (Wildman–Crippen LogP) is 1.94. The molecule has 0 amide bonds. The Morgan fingerprint density at radius 2 is 1.88 bits per heavy atom. The van der Waals surface area contributed by atoms with Gasteiger partial charge in [-0.25, -0.2) is 15.0 Å². The Hall–Kier alpha value is -0.750. The second-order valence-electron chi connectivity index (χ2n) is 2.76. The fraction of sp³-hybridized carbons (Fsp3) is 0.222. The number of hydrogen-bond donors (Lipinski definition) is 1. The van der Waals surface area contributed by atoms with E-state index in [9.17, 15) is 0 Å². The molecule has 0 fully saturated rings. The summed E-state index contributed by atoms with van der Waals surface area (Å²) in [6, 6.07) is 1.79. The van der Waals surface area contributed by atoms with Gasteiger partial charge in [-0.05, 0) is 12.6 Å². The van der Waals surface area contributed by atoms with Crippen LogP contribution in [0.3, 0.4) is 0 Å². The first-order chi connectivity index (χ1) is 6.90. The quantitative estimate of drug-likeness (QED) is 0.932. The van der Waals surface area contributed by atoms with E-state index in [0.29, 0.717) is 12.4 Å². The van der Waals surface area contributed by atoms with Crippen LogP contribution in [0.1, 0.15) is 5.69 Å². The average Bonchev–Trinajstić information content (AvgIpc) is 2.68. The van der Waals surface area contributed by atoms with E-state index in [0.717, 1.165) is 17.1 Å². The van der Waals surface area contributed by atoms with Gasteiger partial charge in [0.15, 0.2) is 10.8 Å². The molecular formula is C9H12Cl2N4S. The third kappa shape index (κ3) is 3.68. The van der Waals surface area contributed by atoms with Gasteiger partial charge < -0.3 is 5.73 Å². The Labute approximate surface area is 110 Å². The Morgan fingerprint density at radius 1 is 1.19 bits per heavy atom. The van der Waals surface area contributed by atoms with E-state index in [1.807, 2.05) is 5.38 Å². The van der Waals surface area contributed by atoms with E-state index >= 15 is 0 Å². The van der Waals surface area contributed by atoms with Crippen LogP contribution in [0.25, 0.3) is 10.8 Å². The van der Waals surface area contributed by atoms with Gasteiger partial charge in [0.25, 0.3) is 0 Å². The SMILES string of the molecule is Cl.Cl.NCCc1csc(-c2ncccn2)n1. The summed E-state index contributed by atoms with van der Waals surface area (Å²) in [5.41, 5.74) is 6.46. The Balaban J connectivity index is 0.00000112. The molecule has 7 heteroatoms. The van der Waals surface area contributed by atoms with Crippen LogP contribution in [0.2, 0.25) is 0 Å². The maximum absolute atomic E-state index is 5.44. The van der Waals surface area contributed by atoms with Crippen molar-refractivity contribution in [2.45, 2.75) is 6.42 Å². The van der Waals surface area contributed by atoms with Gasteiger partial charge >= 0.3 is 0 Å². The number of hydrogen-bond acceptors (Lipinski definition) is 5. The lowest BCUT2D eigenvalue weighted by atomic mass is 10.3. The normalized spacial score (nSPS) is 9.06. The van der Waals surface area contributed by atoms with Crippen LogP contribution in [-0.4, -0.2) is 21.5 Å². The summed E-state index contributed by atoms with van der Waals surface area (Å²) in [5.74, 6) is 0.681. The van der Waals surface area contributed by atoms with E-state index in [-0.39, 0.29) is 24.8 Å². The lowest BCUT2D eigenvalue weighted by molar-refractivity contribution is 0.934. The first kappa shape index (κ1) is 15.2. The van der Waals surface area contributed by atoms with Gasteiger partial charge in [0.2, 0.25) is 0 Å². The molecule has 0 bridgehead atoms. The second kappa shape index (κ2) is 7.51. The molecule has 4 nitrogen and oxygen atoms in total. The lowest BCUT2D eigenvalue weighted by Crippen LogP contribution is -2.02. The molecule has 0 aliphatic rings. The molecule has 0 atom stereocenters. The molecule has 0 aliphatic heterocycles. The van der Waals surface area contributed by atoms with Gasteiger partial charge in [0, 0.05) is 24.2 Å². The van der Waals surface area contributed by atoms with E-state index in [4.69, 9.17) is 5.73 Å². The minimum absolute atomic E-state index is 0. The van der Waals surface area contributed by atoms with Gasteiger partial charge in [-0.15, -0.1) is 36.2 Å². The molecule has 2 heterocycles. The average molecular weight is 279 g/mol. The van der Waals surface area contributed by atoms with Crippen LogP contribution in [-0.2, 0) is 6.42 Å². The van der Waals surface area contributed by atoms with Crippen molar-refractivity contribution in [3.63, 3.8) is 0 Å². The molecule has 2 aromatic heterocycles. The zero-order chi connectivity index (χ0) is 9.80. The highest BCUT2D eigenvalue weighted by Crippen LogP contribution is 2.19. The van der Waals surface area contributed by atoms with Gasteiger partial charge in [-0.2, -0.15) is 0 Å². The van der Waals surface area contributed by atoms with Crippen molar-refractivity contribution in [2.24, 2.45) is 5.73 Å². The molecule has 0 radical (unpaired) electrons. The molecule has 0 unspecified atom stereocenters. The van der Waals surface area contributed by atoms with Gasteiger partial charge in [0.05, 0.1) is 5.69 Å². The molecule has 0 saturated heterocycles. The first-order valence-electron chi connectivity index (χ1n) is 4.32. The third-order valence-corrected chi connectivity index (χ3v) is 2.60. The Kier molecular flexibility index (Phi) is 7.16. The first-order valence-corrected chi connectivity index (χ1v) is 5.20. The molecule has 2 rings (SSSR count). The molecule has 0 aromatic carbocycles. The van der Waals surface area contributed by atoms with Crippen LogP contribution < -0.4 is 5.73 Å². The highest BCUT2D eigenvalue weighted by molar-refractivity contribution is 7.13. The number of nitrogens with two attached hydrogens (primary N) is 1. The summed E-state index contributed by atoms with van der Waals surface area (Å²) in [4.78, 5) is 12.6. The molecule has 88 valence electrons. The highest BCUT2D eigenvalue weighted by Gasteiger charge is 2.05. The van der Waals surface area contributed by atoms with Crippen molar-refractivity contribution in [2.75, 3.05) is 6.54 Å². The van der Waals surface area contributed by atoms with Crippen molar-refractivity contribution in [3.05, 3.63) is 29.5 Å². The Bertz CT molecular complexity index is 407. The number of halogens is 2. The van der Waals surface area contributed by atoms with Crippen molar-refractivity contribution in [3.8, 4) is 10.8 Å². The molecule has 2 N–H and O–H groups in total. The smallest absolute Gasteiger partial charge is 0.188 e. The summed E-state index contributed by atoms with van der Waals surface area (Å²) in [7, 11) is 0. The van der Waals surface area contributed by atoms with Gasteiger partial charge in [-0.1, -0.05) is 0 Å². The fourth-order valence-electron chi connectivity index (χ4n) is 1.08. The molecule has 0 saturated carbocycles. The summed E-state index contributed by atoms with van der Waals surface area (Å²) >= 11 is 1.55. The number of rotatable bonds is 3. The minimum Gasteiger partial charge on any atom is -0.330 e. The van der Waals surface area contributed by atoms with Crippen LogP contribution >= 0.6 is 36.2 Å². The Morgan fingerprint density at radius 3 is 2.50 bits per heavy atom. The van der Waals surface area contributed by atoms with Crippen molar-refractivity contribution in [1.82, 2.24) is 15.0 Å². The lowest BCUT2D eigenvalue weighted by Gasteiger charge is -1.91. The zero-order valence-electron chi connectivity index (χ0n) is 8.37. The molecule has 0 spiro atoms. The standard InChI is InChI=1S/C9H10N4S.2ClH/c10-3-2-7-6-14-9(13-7)8-11-4-1-5-12-8;;/h1,4-6H,2-3,10H2;2*1H. The maximum Gasteiger partial charge on any atom is 0.188 e. The molecule has 2 aromatic rings. The second-order valence-corrected chi connectivity index (χ2v) is 3.61. The van der Waals surface area contributed by atoms with Crippen molar-refractivity contribution >= 4 is 36.2 Å². The van der Waals surface area contributed by atoms with Crippen molar-refractivity contribution < 1.29 is 0 Å². The largest absolute Gasteiger partial charge is 0.330 e. The van der Waals surface area contributed by atoms with Crippen LogP contribution in [0.4, 0.5) is 0 Å². The zero-order valence-corrected chi connectivity index (χ0v) is 10.8. The molecular weight excluding hydrogens is 267 g/mol. The minimum atomic E-state index is 0. The van der Waals surface area contributed by atoms with Gasteiger partial charge in [0.1, 0.15) is 0 Å². The van der Waals surface area contributed by atoms with E-state index < -0.39 is 0 Å². The van der Waals surface area contributed by atoms with Crippen LogP contribution in [0, 0.1) is 0 Å². The molecule has 16 heavy (non-hydrogen) atoms. The van der Waals surface area contributed by atoms with Gasteiger partial charge in [-0.3, -0.25) is 0 Å². The maximum atomic E-state index is 5.44. The topological polar surface area (TPSA) is 64.7 Å². The summed E-state index contributed by atoms with van der Waals surface area (Å²) in [6.45, 7) is 0.624. The van der Waals surface area contributed by atoms with Crippen LogP contribution in [0.5, 0.6) is 0 Å². The predicted molar refractivity (Wildman–Crippen MR) is 70.4 cm³/mol. The summed E-state index contributed by atoms with van der Waals surface area (Å²) < 4.78 is 0. The number of aromatic nitrogens is 3. The van der Waals surface area contributed by atoms with Crippen molar-refractivity contribution in [1.29, 1.82) is 0 Å². The summed E-state index contributed by atoms with van der Waals surface area (Å²) in [6.07, 6.45) is 4.24. The number of nitrogens with zero attached hydrogens (tertiary/aromatic N) is 3. The van der Waals surface area contributed by atoms with E-state index in [1.54, 1.807) is 29.8 Å². The monoisotopic (exact) mass is 278 g/mol. The van der Waals surface area contributed by atoms with Crippen LogP contribution in [0.15, 0.2) is 23.8 Å². The van der Waals surface area contributed by atoms with E-state index in [2.05, 4.69) is 15.0 Å². The third-order valence-electron chi connectivity index (χ3n) is 1.71. The van der Waals surface area contributed by atoms with E-state index in [1.165, 1.54) is 0 Å². The fourth-order valence-corrected chi connectivity index (χ4v) is 1.88. The summed E-state index contributed by atoms with van der Waals surface area (Å²) in [5, 5.41) is 2.85. The highest BCUT2D eigenvalue weighted by atomic mass is 35.5. The molecule has 0 aliphatic carbocycles. The number of thiazole rings is 1.